The largest absolute Gasteiger partial charge is 0.493 e. The van der Waals surface area contributed by atoms with Crippen LogP contribution in [-0.2, 0) is 0 Å². The Kier molecular flexibility index (Phi) is 7.06. The van der Waals surface area contributed by atoms with Gasteiger partial charge in [-0.25, -0.2) is 10.2 Å². The lowest BCUT2D eigenvalue weighted by molar-refractivity contribution is 0.0733. The molecule has 0 aliphatic heterocycles. The van der Waals surface area contributed by atoms with Gasteiger partial charge in [-0.15, -0.1) is 0 Å². The molecule has 0 radical (unpaired) electrons. The maximum Gasteiger partial charge on any atom is 0.343 e. The first-order valence-corrected chi connectivity index (χ1v) is 9.43. The number of H-pyrrole nitrogens is 1. The summed E-state index contributed by atoms with van der Waals surface area (Å²) in [6, 6.07) is 11.3. The van der Waals surface area contributed by atoms with Gasteiger partial charge in [-0.05, 0) is 37.3 Å². The Hall–Kier alpha value is -4.34. The highest BCUT2D eigenvalue weighted by atomic mass is 16.5. The van der Waals surface area contributed by atoms with Gasteiger partial charge in [0.2, 0.25) is 5.75 Å². The number of amides is 1. The Bertz CT molecular complexity index is 1130. The highest BCUT2D eigenvalue weighted by molar-refractivity contribution is 5.95. The molecular formula is C22H22N4O6. The van der Waals surface area contributed by atoms with E-state index in [4.69, 9.17) is 18.9 Å². The third-order valence-electron chi connectivity index (χ3n) is 4.33. The molecule has 0 aliphatic carbocycles. The average Bonchev–Trinajstić information content (AvgIpc) is 3.25. The topological polar surface area (TPSA) is 124 Å². The van der Waals surface area contributed by atoms with Crippen LogP contribution in [0.15, 0.2) is 47.6 Å². The van der Waals surface area contributed by atoms with E-state index in [9.17, 15) is 9.59 Å². The van der Waals surface area contributed by atoms with Crippen molar-refractivity contribution >= 4 is 18.1 Å². The zero-order valence-electron chi connectivity index (χ0n) is 18.0. The molecule has 2 N–H and O–H groups in total. The lowest BCUT2D eigenvalue weighted by Gasteiger charge is -2.14. The van der Waals surface area contributed by atoms with Crippen molar-refractivity contribution in [2.45, 2.75) is 6.92 Å². The number of benzene rings is 2. The van der Waals surface area contributed by atoms with E-state index in [0.29, 0.717) is 22.8 Å². The Labute approximate surface area is 184 Å². The number of esters is 1. The van der Waals surface area contributed by atoms with Gasteiger partial charge in [0.1, 0.15) is 5.75 Å². The Morgan fingerprint density at radius 3 is 2.28 bits per heavy atom. The highest BCUT2D eigenvalue weighted by Gasteiger charge is 2.19. The molecule has 0 unspecified atom stereocenters. The number of ether oxygens (including phenoxy) is 4. The van der Waals surface area contributed by atoms with Crippen LogP contribution in [0.25, 0.3) is 0 Å². The zero-order chi connectivity index (χ0) is 23.1. The van der Waals surface area contributed by atoms with Crippen LogP contribution in [-0.4, -0.2) is 49.6 Å². The number of aromatic amines is 1. The standard InChI is InChI=1S/C22H22N4O6/c1-13-9-16(25-24-13)21(27)26-23-12-14-7-5-6-8-17(14)32-22(28)15-10-18(29-2)20(31-4)19(11-15)30-3/h5-12H,1-4H3,(H,24,25)(H,26,27). The van der Waals surface area contributed by atoms with Gasteiger partial charge < -0.3 is 18.9 Å². The average molecular weight is 438 g/mol. The van der Waals surface area contributed by atoms with Gasteiger partial charge in [0.05, 0.1) is 33.1 Å². The van der Waals surface area contributed by atoms with Crippen molar-refractivity contribution in [1.29, 1.82) is 0 Å². The number of aryl methyl sites for hydroxylation is 1. The lowest BCUT2D eigenvalue weighted by Crippen LogP contribution is -2.18. The molecule has 32 heavy (non-hydrogen) atoms. The number of rotatable bonds is 8. The summed E-state index contributed by atoms with van der Waals surface area (Å²) in [6.45, 7) is 1.78. The molecule has 0 spiro atoms. The van der Waals surface area contributed by atoms with Gasteiger partial charge in [0.25, 0.3) is 5.91 Å². The summed E-state index contributed by atoms with van der Waals surface area (Å²) in [4.78, 5) is 24.8. The Morgan fingerprint density at radius 2 is 1.69 bits per heavy atom. The van der Waals surface area contributed by atoms with Gasteiger partial charge in [-0.2, -0.15) is 10.2 Å². The second kappa shape index (κ2) is 10.1. The molecule has 166 valence electrons. The molecule has 0 atom stereocenters. The number of nitrogens with zero attached hydrogens (tertiary/aromatic N) is 2. The summed E-state index contributed by atoms with van der Waals surface area (Å²) in [6.07, 6.45) is 1.37. The van der Waals surface area contributed by atoms with Crippen molar-refractivity contribution in [2.24, 2.45) is 5.10 Å². The van der Waals surface area contributed by atoms with Crippen LogP contribution in [0.5, 0.6) is 23.0 Å². The minimum absolute atomic E-state index is 0.202. The summed E-state index contributed by atoms with van der Waals surface area (Å²) in [5.41, 5.74) is 4.02. The summed E-state index contributed by atoms with van der Waals surface area (Å²) in [7, 11) is 4.38. The molecule has 0 aliphatic rings. The number of hydrogen-bond acceptors (Lipinski definition) is 8. The molecule has 2 aromatic carbocycles. The van der Waals surface area contributed by atoms with Crippen LogP contribution in [0.1, 0.15) is 32.1 Å². The first-order chi connectivity index (χ1) is 15.5. The van der Waals surface area contributed by atoms with E-state index >= 15 is 0 Å². The molecular weight excluding hydrogens is 416 g/mol. The van der Waals surface area contributed by atoms with Crippen molar-refractivity contribution in [3.05, 3.63) is 65.0 Å². The minimum Gasteiger partial charge on any atom is -0.493 e. The van der Waals surface area contributed by atoms with Crippen molar-refractivity contribution in [3.8, 4) is 23.0 Å². The van der Waals surface area contributed by atoms with E-state index < -0.39 is 11.9 Å². The number of carbonyl (C=O) groups excluding carboxylic acids is 2. The number of carbonyl (C=O) groups is 2. The summed E-state index contributed by atoms with van der Waals surface area (Å²) < 4.78 is 21.4. The Morgan fingerprint density at radius 1 is 1.00 bits per heavy atom. The second-order valence-electron chi connectivity index (χ2n) is 6.48. The van der Waals surface area contributed by atoms with Crippen molar-refractivity contribution < 1.29 is 28.5 Å². The fourth-order valence-electron chi connectivity index (χ4n) is 2.79. The SMILES string of the molecule is COc1cc(C(=O)Oc2ccccc2C=NNC(=O)c2cc(C)[nH]n2)cc(OC)c1OC. The van der Waals surface area contributed by atoms with Crippen LogP contribution in [0, 0.1) is 6.92 Å². The molecule has 3 aromatic rings. The monoisotopic (exact) mass is 438 g/mol. The first kappa shape index (κ1) is 22.3. The van der Waals surface area contributed by atoms with Crippen molar-refractivity contribution in [1.82, 2.24) is 15.6 Å². The van der Waals surface area contributed by atoms with E-state index in [1.54, 1.807) is 37.3 Å². The second-order valence-corrected chi connectivity index (χ2v) is 6.48. The van der Waals surface area contributed by atoms with E-state index in [2.05, 4.69) is 20.7 Å². The highest BCUT2D eigenvalue weighted by Crippen LogP contribution is 2.38. The van der Waals surface area contributed by atoms with Crippen LogP contribution >= 0.6 is 0 Å². The molecule has 3 rings (SSSR count). The van der Waals surface area contributed by atoms with Gasteiger partial charge >= 0.3 is 5.97 Å². The Balaban J connectivity index is 1.77. The molecule has 0 saturated carbocycles. The lowest BCUT2D eigenvalue weighted by atomic mass is 10.1. The first-order valence-electron chi connectivity index (χ1n) is 9.43. The smallest absolute Gasteiger partial charge is 0.343 e. The molecule has 1 heterocycles. The van der Waals surface area contributed by atoms with E-state index in [0.717, 1.165) is 5.69 Å². The van der Waals surface area contributed by atoms with E-state index in [1.165, 1.54) is 39.7 Å². The van der Waals surface area contributed by atoms with Crippen LogP contribution < -0.4 is 24.4 Å². The molecule has 0 fully saturated rings. The van der Waals surface area contributed by atoms with Crippen LogP contribution in [0.2, 0.25) is 0 Å². The third-order valence-corrected chi connectivity index (χ3v) is 4.33. The quantitative estimate of drug-likeness (QED) is 0.240. The number of hydrazone groups is 1. The molecule has 10 heteroatoms. The molecule has 1 amide bonds. The number of nitrogens with one attached hydrogen (secondary N) is 2. The fourth-order valence-corrected chi connectivity index (χ4v) is 2.79. The number of hydrogen-bond donors (Lipinski definition) is 2. The molecule has 0 saturated heterocycles. The number of aromatic nitrogens is 2. The van der Waals surface area contributed by atoms with E-state index in [1.807, 2.05) is 0 Å². The molecule has 0 bridgehead atoms. The molecule has 10 nitrogen and oxygen atoms in total. The number of methoxy groups -OCH3 is 3. The summed E-state index contributed by atoms with van der Waals surface area (Å²) >= 11 is 0. The zero-order valence-corrected chi connectivity index (χ0v) is 18.0. The van der Waals surface area contributed by atoms with Crippen molar-refractivity contribution in [3.63, 3.8) is 0 Å². The minimum atomic E-state index is -0.638. The summed E-state index contributed by atoms with van der Waals surface area (Å²) in [5, 5.41) is 10.5. The maximum atomic E-state index is 12.8. The normalized spacial score (nSPS) is 10.6. The van der Waals surface area contributed by atoms with Gasteiger partial charge in [-0.3, -0.25) is 9.89 Å². The third kappa shape index (κ3) is 5.04. The van der Waals surface area contributed by atoms with Gasteiger partial charge in [0.15, 0.2) is 17.2 Å². The number of para-hydroxylation sites is 1. The predicted octanol–water partition coefficient (Wildman–Crippen LogP) is 2.73. The molecule has 1 aromatic heterocycles. The van der Waals surface area contributed by atoms with Gasteiger partial charge in [-0.1, -0.05) is 12.1 Å². The fraction of sp³-hybridized carbons (Fsp3) is 0.182. The summed E-state index contributed by atoms with van der Waals surface area (Å²) in [5.74, 6) is 0.148. The predicted molar refractivity (Wildman–Crippen MR) is 116 cm³/mol. The van der Waals surface area contributed by atoms with Crippen LogP contribution in [0.4, 0.5) is 0 Å². The van der Waals surface area contributed by atoms with Crippen molar-refractivity contribution in [2.75, 3.05) is 21.3 Å². The van der Waals surface area contributed by atoms with Gasteiger partial charge in [0, 0.05) is 11.3 Å². The van der Waals surface area contributed by atoms with Crippen LogP contribution in [0.3, 0.4) is 0 Å². The maximum absolute atomic E-state index is 12.8. The van der Waals surface area contributed by atoms with E-state index in [-0.39, 0.29) is 17.0 Å².